The van der Waals surface area contributed by atoms with Gasteiger partial charge in [-0.15, -0.1) is 0 Å². The Kier molecular flexibility index (Phi) is 8.96. The lowest BCUT2D eigenvalue weighted by molar-refractivity contribution is -0.412. The summed E-state index contributed by atoms with van der Waals surface area (Å²) in [4.78, 5) is 34.8. The highest BCUT2D eigenvalue weighted by Gasteiger charge is 2.66. The van der Waals surface area contributed by atoms with Crippen molar-refractivity contribution in [1.82, 2.24) is 5.32 Å². The van der Waals surface area contributed by atoms with Gasteiger partial charge in [-0.1, -0.05) is 6.92 Å². The first kappa shape index (κ1) is 27.2. The molecule has 1 aliphatic heterocycles. The number of rotatable bonds is 10. The summed E-state index contributed by atoms with van der Waals surface area (Å²) in [5.74, 6) is -12.5. The average molecular weight is 458 g/mol. The second kappa shape index (κ2) is 10.2. The molecule has 1 fully saturated rings. The monoisotopic (exact) mass is 458 g/mol. The van der Waals surface area contributed by atoms with E-state index in [1.165, 1.54) is 13.8 Å². The molecular formula is C17H28F2N2O10. The van der Waals surface area contributed by atoms with Crippen molar-refractivity contribution in [2.75, 3.05) is 6.61 Å². The zero-order valence-electron chi connectivity index (χ0n) is 16.8. The number of halogens is 2. The predicted molar refractivity (Wildman–Crippen MR) is 96.5 cm³/mol. The first-order valence-corrected chi connectivity index (χ1v) is 9.33. The molecular weight excluding hydrogens is 430 g/mol. The number of hydrogen-bond acceptors (Lipinski definition) is 10. The zero-order chi connectivity index (χ0) is 24.3. The molecule has 8 atom stereocenters. The largest absolute Gasteiger partial charge is 0.480 e. The Morgan fingerprint density at radius 1 is 1.19 bits per heavy atom. The predicted octanol–water partition coefficient (Wildman–Crippen LogP) is -3.31. The number of amides is 1. The molecule has 14 heteroatoms. The number of ketones is 1. The summed E-state index contributed by atoms with van der Waals surface area (Å²) in [5.41, 5.74) is 5.48. The highest BCUT2D eigenvalue weighted by atomic mass is 19.3. The molecule has 1 amide bonds. The van der Waals surface area contributed by atoms with E-state index >= 15 is 0 Å². The first-order chi connectivity index (χ1) is 14.1. The van der Waals surface area contributed by atoms with Crippen LogP contribution in [0.3, 0.4) is 0 Å². The summed E-state index contributed by atoms with van der Waals surface area (Å²) in [6.45, 7) is 1.36. The van der Waals surface area contributed by atoms with E-state index in [0.717, 1.165) is 0 Å². The summed E-state index contributed by atoms with van der Waals surface area (Å²) in [7, 11) is 0. The molecule has 0 bridgehead atoms. The van der Waals surface area contributed by atoms with Crippen LogP contribution in [0.25, 0.3) is 0 Å². The fraction of sp³-hybridized carbons (Fsp3) is 0.824. The summed E-state index contributed by atoms with van der Waals surface area (Å²) in [6, 6.07) is -3.19. The molecule has 0 aromatic carbocycles. The van der Waals surface area contributed by atoms with Crippen molar-refractivity contribution in [2.45, 2.75) is 74.9 Å². The molecule has 1 heterocycles. The van der Waals surface area contributed by atoms with Crippen molar-refractivity contribution in [3.05, 3.63) is 0 Å². The smallest absolute Gasteiger partial charge is 0.325 e. The third kappa shape index (κ3) is 5.91. The molecule has 1 unspecified atom stereocenters. The van der Waals surface area contributed by atoms with Crippen molar-refractivity contribution in [1.29, 1.82) is 0 Å². The van der Waals surface area contributed by atoms with Gasteiger partial charge in [0.25, 0.3) is 5.79 Å². The molecule has 1 saturated heterocycles. The molecule has 1 aliphatic rings. The Balaban J connectivity index is 2.86. The number of ether oxygens (including phenoxy) is 1. The number of carboxylic acids is 1. The second-order valence-electron chi connectivity index (χ2n) is 7.62. The highest BCUT2D eigenvalue weighted by Crippen LogP contribution is 2.42. The molecule has 12 nitrogen and oxygen atoms in total. The SMILES string of the molecule is C[C@H](CC(=O)C(N)CC(F)(F)[C@]1(O)O[C@H](CO)[C@H](O)[C@H](O)[C@H]1O)C(=O)N[C@@H](C)C(=O)O. The van der Waals surface area contributed by atoms with Gasteiger partial charge >= 0.3 is 11.9 Å². The Bertz CT molecular complexity index is 679. The Labute approximate surface area is 175 Å². The number of nitrogens with two attached hydrogens (primary N) is 1. The van der Waals surface area contributed by atoms with E-state index in [4.69, 9.17) is 15.9 Å². The average Bonchev–Trinajstić information content (AvgIpc) is 2.68. The third-order valence-corrected chi connectivity index (χ3v) is 5.06. The maximum Gasteiger partial charge on any atom is 0.325 e. The molecule has 31 heavy (non-hydrogen) atoms. The standard InChI is InChI=1S/C17H28F2N2O10/c1-6(14(27)21-7(2)15(28)29)3-9(23)8(20)4-16(18,19)17(30)13(26)12(25)11(24)10(5-22)31-17/h6-8,10-13,22,24-26,30H,3-5,20H2,1-2H3,(H,21,27)(H,28,29)/t6-,7+,8?,10-,11+,12+,13-,17-/m1/s1. The summed E-state index contributed by atoms with van der Waals surface area (Å²) >= 11 is 0. The fourth-order valence-corrected chi connectivity index (χ4v) is 2.96. The molecule has 0 spiro atoms. The summed E-state index contributed by atoms with van der Waals surface area (Å²) in [5, 5.41) is 59.4. The number of Topliss-reactive ketones (excluding diaryl/α,β-unsaturated/α-hetero) is 1. The van der Waals surface area contributed by atoms with Crippen LogP contribution < -0.4 is 11.1 Å². The van der Waals surface area contributed by atoms with Crippen molar-refractivity contribution >= 4 is 17.7 Å². The lowest BCUT2D eigenvalue weighted by Gasteiger charge is -2.48. The van der Waals surface area contributed by atoms with E-state index in [9.17, 15) is 43.6 Å². The van der Waals surface area contributed by atoms with Crippen molar-refractivity contribution < 1.29 is 58.5 Å². The van der Waals surface area contributed by atoms with E-state index in [1.807, 2.05) is 0 Å². The van der Waals surface area contributed by atoms with Crippen molar-refractivity contribution in [2.24, 2.45) is 11.7 Å². The van der Waals surface area contributed by atoms with E-state index in [1.54, 1.807) is 0 Å². The van der Waals surface area contributed by atoms with Crippen LogP contribution in [0.1, 0.15) is 26.7 Å². The summed E-state index contributed by atoms with van der Waals surface area (Å²) in [6.07, 6.45) is -11.0. The number of carboxylic acid groups (broad SMARTS) is 1. The van der Waals surface area contributed by atoms with Gasteiger partial charge in [-0.3, -0.25) is 14.4 Å². The molecule has 0 aliphatic carbocycles. The van der Waals surface area contributed by atoms with E-state index in [0.29, 0.717) is 0 Å². The normalized spacial score (nSPS) is 32.1. The van der Waals surface area contributed by atoms with Gasteiger partial charge in [0, 0.05) is 18.8 Å². The molecule has 0 aromatic rings. The van der Waals surface area contributed by atoms with Crippen molar-refractivity contribution in [3.63, 3.8) is 0 Å². The minimum Gasteiger partial charge on any atom is -0.480 e. The fourth-order valence-electron chi connectivity index (χ4n) is 2.96. The van der Waals surface area contributed by atoms with Gasteiger partial charge in [-0.25, -0.2) is 8.78 Å². The Hall–Kier alpha value is -1.81. The second-order valence-corrected chi connectivity index (χ2v) is 7.62. The van der Waals surface area contributed by atoms with Gasteiger partial charge in [0.15, 0.2) is 5.78 Å². The Morgan fingerprint density at radius 3 is 2.23 bits per heavy atom. The number of aliphatic carboxylic acids is 1. The number of aliphatic hydroxyl groups excluding tert-OH is 4. The quantitative estimate of drug-likeness (QED) is 0.162. The van der Waals surface area contributed by atoms with Crippen LogP contribution in [-0.4, -0.2) is 103 Å². The topological polar surface area (TPSA) is 220 Å². The number of hydrogen-bond donors (Lipinski definition) is 8. The van der Waals surface area contributed by atoms with Crippen LogP contribution >= 0.6 is 0 Å². The van der Waals surface area contributed by atoms with Crippen LogP contribution in [0.2, 0.25) is 0 Å². The molecule has 0 radical (unpaired) electrons. The molecule has 0 aromatic heterocycles. The molecule has 0 saturated carbocycles. The number of carbonyl (C=O) groups is 3. The van der Waals surface area contributed by atoms with Gasteiger partial charge in [0.1, 0.15) is 30.5 Å². The lowest BCUT2D eigenvalue weighted by Crippen LogP contribution is -2.72. The lowest BCUT2D eigenvalue weighted by atomic mass is 9.85. The third-order valence-electron chi connectivity index (χ3n) is 5.06. The number of nitrogens with one attached hydrogen (secondary N) is 1. The maximum absolute atomic E-state index is 14.7. The minimum atomic E-state index is -4.43. The Morgan fingerprint density at radius 2 is 1.74 bits per heavy atom. The van der Waals surface area contributed by atoms with Gasteiger partial charge < -0.3 is 46.4 Å². The van der Waals surface area contributed by atoms with E-state index < -0.39 is 91.2 Å². The van der Waals surface area contributed by atoms with E-state index in [2.05, 4.69) is 10.1 Å². The van der Waals surface area contributed by atoms with Crippen LogP contribution in [0.4, 0.5) is 8.78 Å². The molecule has 180 valence electrons. The first-order valence-electron chi connectivity index (χ1n) is 9.33. The van der Waals surface area contributed by atoms with Crippen LogP contribution in [-0.2, 0) is 19.1 Å². The van der Waals surface area contributed by atoms with Gasteiger partial charge in [0.05, 0.1) is 12.6 Å². The zero-order valence-corrected chi connectivity index (χ0v) is 16.8. The van der Waals surface area contributed by atoms with Gasteiger partial charge in [-0.2, -0.15) is 0 Å². The van der Waals surface area contributed by atoms with Crippen LogP contribution in [0.5, 0.6) is 0 Å². The van der Waals surface area contributed by atoms with Gasteiger partial charge in [0.2, 0.25) is 5.91 Å². The molecule has 9 N–H and O–H groups in total. The summed E-state index contributed by atoms with van der Waals surface area (Å²) < 4.78 is 34.0. The van der Waals surface area contributed by atoms with Gasteiger partial charge in [-0.05, 0) is 6.92 Å². The van der Waals surface area contributed by atoms with E-state index in [-0.39, 0.29) is 0 Å². The minimum absolute atomic E-state index is 0.627. The van der Waals surface area contributed by atoms with Crippen LogP contribution in [0, 0.1) is 5.92 Å². The highest BCUT2D eigenvalue weighted by molar-refractivity contribution is 5.91. The maximum atomic E-state index is 14.7. The number of aliphatic hydroxyl groups is 5. The number of carbonyl (C=O) groups excluding carboxylic acids is 2. The molecule has 1 rings (SSSR count). The number of alkyl halides is 2. The van der Waals surface area contributed by atoms with Crippen LogP contribution in [0.15, 0.2) is 0 Å². The van der Waals surface area contributed by atoms with Crippen molar-refractivity contribution in [3.8, 4) is 0 Å².